The molecule has 22 heavy (non-hydrogen) atoms. The zero-order valence-electron chi connectivity index (χ0n) is 12.8. The molecule has 0 aliphatic heterocycles. The van der Waals surface area contributed by atoms with Crippen molar-refractivity contribution in [2.45, 2.75) is 51.3 Å². The third-order valence-electron chi connectivity index (χ3n) is 3.79. The number of guanidine groups is 1. The van der Waals surface area contributed by atoms with E-state index in [-0.39, 0.29) is 11.1 Å². The second-order valence-corrected chi connectivity index (χ2v) is 6.00. The maximum atomic E-state index is 13.1. The topological polar surface area (TPSA) is 56.7 Å². The average Bonchev–Trinajstić information content (AvgIpc) is 2.50. The number of halogens is 2. The van der Waals surface area contributed by atoms with Crippen molar-refractivity contribution in [2.75, 3.05) is 6.54 Å². The van der Waals surface area contributed by atoms with Gasteiger partial charge in [-0.2, -0.15) is 0 Å². The number of nitrogens with one attached hydrogen (secondary N) is 2. The summed E-state index contributed by atoms with van der Waals surface area (Å²) >= 11 is 5.78. The number of aliphatic imine (C=N–C) groups is 1. The summed E-state index contributed by atoms with van der Waals surface area (Å²) in [6.45, 7) is 3.21. The highest BCUT2D eigenvalue weighted by Gasteiger charge is 2.19. The first-order valence-corrected chi connectivity index (χ1v) is 8.13. The van der Waals surface area contributed by atoms with E-state index in [0.717, 1.165) is 43.8 Å². The lowest BCUT2D eigenvalue weighted by atomic mass is 9.93. The molecule has 6 heteroatoms. The number of hydrogen-bond donors (Lipinski definition) is 3. The smallest absolute Gasteiger partial charge is 0.191 e. The maximum Gasteiger partial charge on any atom is 0.191 e. The monoisotopic (exact) mass is 327 g/mol. The van der Waals surface area contributed by atoms with Crippen molar-refractivity contribution >= 4 is 17.6 Å². The summed E-state index contributed by atoms with van der Waals surface area (Å²) < 4.78 is 13.1. The third kappa shape index (κ3) is 5.14. The number of aliphatic hydroxyl groups is 1. The van der Waals surface area contributed by atoms with Gasteiger partial charge in [-0.3, -0.25) is 0 Å². The lowest BCUT2D eigenvalue weighted by Crippen LogP contribution is -2.45. The molecule has 1 aromatic rings. The average molecular weight is 328 g/mol. The van der Waals surface area contributed by atoms with Gasteiger partial charge in [0.1, 0.15) is 5.82 Å². The third-order valence-corrected chi connectivity index (χ3v) is 4.08. The van der Waals surface area contributed by atoms with Crippen LogP contribution in [0, 0.1) is 5.82 Å². The van der Waals surface area contributed by atoms with E-state index in [2.05, 4.69) is 15.6 Å². The summed E-state index contributed by atoms with van der Waals surface area (Å²) in [5.74, 6) is 0.324. The van der Waals surface area contributed by atoms with Crippen molar-refractivity contribution < 1.29 is 9.50 Å². The second kappa shape index (κ2) is 8.34. The Morgan fingerprint density at radius 3 is 2.73 bits per heavy atom. The molecule has 1 saturated carbocycles. The number of hydrogen-bond acceptors (Lipinski definition) is 2. The molecule has 1 aliphatic rings. The van der Waals surface area contributed by atoms with Crippen LogP contribution < -0.4 is 10.6 Å². The van der Waals surface area contributed by atoms with Crippen LogP contribution in [0.2, 0.25) is 5.02 Å². The van der Waals surface area contributed by atoms with Gasteiger partial charge in [-0.15, -0.1) is 0 Å². The summed E-state index contributed by atoms with van der Waals surface area (Å²) in [5.41, 5.74) is 0.864. The van der Waals surface area contributed by atoms with Crippen molar-refractivity contribution in [1.82, 2.24) is 10.6 Å². The van der Waals surface area contributed by atoms with E-state index in [1.54, 1.807) is 12.1 Å². The van der Waals surface area contributed by atoms with Crippen LogP contribution in [-0.4, -0.2) is 29.8 Å². The normalized spacial score (nSPS) is 22.5. The Morgan fingerprint density at radius 2 is 2.09 bits per heavy atom. The summed E-state index contributed by atoms with van der Waals surface area (Å²) in [7, 11) is 0. The highest BCUT2D eigenvalue weighted by atomic mass is 35.5. The zero-order valence-corrected chi connectivity index (χ0v) is 13.5. The summed E-state index contributed by atoms with van der Waals surface area (Å²) in [4.78, 5) is 4.52. The van der Waals surface area contributed by atoms with Gasteiger partial charge in [0.15, 0.2) is 5.96 Å². The molecule has 1 aromatic carbocycles. The Labute approximate surface area is 135 Å². The van der Waals surface area contributed by atoms with Crippen molar-refractivity contribution in [2.24, 2.45) is 4.99 Å². The van der Waals surface area contributed by atoms with Crippen molar-refractivity contribution in [1.29, 1.82) is 0 Å². The predicted octanol–water partition coefficient (Wildman–Crippen LogP) is 2.84. The van der Waals surface area contributed by atoms with Crippen molar-refractivity contribution in [3.05, 3.63) is 34.6 Å². The first-order valence-electron chi connectivity index (χ1n) is 7.75. The molecule has 0 spiro atoms. The van der Waals surface area contributed by atoms with E-state index in [1.165, 1.54) is 6.07 Å². The fraction of sp³-hybridized carbons (Fsp3) is 0.562. The minimum absolute atomic E-state index is 0.118. The molecular weight excluding hydrogens is 305 g/mol. The molecule has 0 aromatic heterocycles. The molecule has 0 saturated heterocycles. The quantitative estimate of drug-likeness (QED) is 0.589. The predicted molar refractivity (Wildman–Crippen MR) is 87.6 cm³/mol. The summed E-state index contributed by atoms with van der Waals surface area (Å²) in [5, 5.41) is 16.3. The lowest BCUT2D eigenvalue weighted by Gasteiger charge is -2.27. The van der Waals surface area contributed by atoms with E-state index in [4.69, 9.17) is 11.6 Å². The molecule has 2 rings (SSSR count). The van der Waals surface area contributed by atoms with Crippen molar-refractivity contribution in [3.8, 4) is 0 Å². The van der Waals surface area contributed by atoms with Gasteiger partial charge in [-0.25, -0.2) is 9.38 Å². The van der Waals surface area contributed by atoms with E-state index >= 15 is 0 Å². The Balaban J connectivity index is 1.95. The van der Waals surface area contributed by atoms with Crippen LogP contribution in [0.25, 0.3) is 0 Å². The van der Waals surface area contributed by atoms with Gasteiger partial charge in [-0.1, -0.05) is 17.7 Å². The number of nitrogens with zero attached hydrogens (tertiary/aromatic N) is 1. The minimum atomic E-state index is -0.416. The van der Waals surface area contributed by atoms with E-state index in [9.17, 15) is 9.50 Å². The first-order chi connectivity index (χ1) is 10.6. The van der Waals surface area contributed by atoms with Crippen LogP contribution in [0.1, 0.15) is 38.2 Å². The highest BCUT2D eigenvalue weighted by molar-refractivity contribution is 6.30. The SMILES string of the molecule is CCNC(=NCc1ccc(F)c(Cl)c1)NC1CCC(O)CC1. The van der Waals surface area contributed by atoms with E-state index in [0.29, 0.717) is 12.6 Å². The van der Waals surface area contributed by atoms with Gasteiger partial charge in [0, 0.05) is 12.6 Å². The molecular formula is C16H23ClFN3O. The molecule has 1 aliphatic carbocycles. The minimum Gasteiger partial charge on any atom is -0.393 e. The molecule has 0 bridgehead atoms. The Hall–Kier alpha value is -1.33. The van der Waals surface area contributed by atoms with Gasteiger partial charge >= 0.3 is 0 Å². The standard InChI is InChI=1S/C16H23ClFN3O/c1-2-19-16(21-12-4-6-13(22)7-5-12)20-10-11-3-8-15(18)14(17)9-11/h3,8-9,12-13,22H,2,4-7,10H2,1H3,(H2,19,20,21). The lowest BCUT2D eigenvalue weighted by molar-refractivity contribution is 0.120. The fourth-order valence-corrected chi connectivity index (χ4v) is 2.74. The Morgan fingerprint density at radius 1 is 1.36 bits per heavy atom. The number of aliphatic hydroxyl groups excluding tert-OH is 1. The molecule has 0 atom stereocenters. The molecule has 4 nitrogen and oxygen atoms in total. The molecule has 0 amide bonds. The molecule has 122 valence electrons. The van der Waals surface area contributed by atoms with Crippen LogP contribution in [0.15, 0.2) is 23.2 Å². The van der Waals surface area contributed by atoms with Gasteiger partial charge in [0.05, 0.1) is 17.7 Å². The van der Waals surface area contributed by atoms with Gasteiger partial charge in [-0.05, 0) is 50.3 Å². The summed E-state index contributed by atoms with van der Waals surface area (Å²) in [6, 6.07) is 4.97. The zero-order chi connectivity index (χ0) is 15.9. The first kappa shape index (κ1) is 17.0. The molecule has 0 radical (unpaired) electrons. The number of rotatable bonds is 4. The Bertz CT molecular complexity index is 516. The Kier molecular flexibility index (Phi) is 6.46. The van der Waals surface area contributed by atoms with Crippen LogP contribution in [0.4, 0.5) is 4.39 Å². The molecule has 1 fully saturated rings. The largest absolute Gasteiger partial charge is 0.393 e. The molecule has 3 N–H and O–H groups in total. The van der Waals surface area contributed by atoms with Crippen LogP contribution in [0.3, 0.4) is 0 Å². The van der Waals surface area contributed by atoms with Gasteiger partial charge in [0.2, 0.25) is 0 Å². The van der Waals surface area contributed by atoms with Gasteiger partial charge < -0.3 is 15.7 Å². The highest BCUT2D eigenvalue weighted by Crippen LogP contribution is 2.18. The van der Waals surface area contributed by atoms with Crippen LogP contribution in [-0.2, 0) is 6.54 Å². The number of benzene rings is 1. The second-order valence-electron chi connectivity index (χ2n) is 5.59. The van der Waals surface area contributed by atoms with Gasteiger partial charge in [0.25, 0.3) is 0 Å². The fourth-order valence-electron chi connectivity index (χ4n) is 2.54. The van der Waals surface area contributed by atoms with E-state index in [1.807, 2.05) is 6.92 Å². The molecule has 0 unspecified atom stereocenters. The van der Waals surface area contributed by atoms with Crippen molar-refractivity contribution in [3.63, 3.8) is 0 Å². The van der Waals surface area contributed by atoms with Crippen LogP contribution >= 0.6 is 11.6 Å². The maximum absolute atomic E-state index is 13.1. The summed E-state index contributed by atoms with van der Waals surface area (Å²) in [6.07, 6.45) is 3.36. The van der Waals surface area contributed by atoms with E-state index < -0.39 is 5.82 Å². The molecule has 0 heterocycles. The van der Waals surface area contributed by atoms with Crippen LogP contribution in [0.5, 0.6) is 0 Å².